The first-order valence-electron chi connectivity index (χ1n) is 24.4. The molecule has 1 aliphatic heterocycles. The molecule has 0 fully saturated rings. The lowest BCUT2D eigenvalue weighted by Gasteiger charge is -2.32. The van der Waals surface area contributed by atoms with Crippen molar-refractivity contribution in [3.05, 3.63) is 235 Å². The molecule has 5 heterocycles. The van der Waals surface area contributed by atoms with E-state index in [1.54, 1.807) is 0 Å². The zero-order chi connectivity index (χ0) is 46.9. The van der Waals surface area contributed by atoms with Gasteiger partial charge in [-0.05, 0) is 126 Å². The Morgan fingerprint density at radius 3 is 1.79 bits per heavy atom. The van der Waals surface area contributed by atoms with Crippen LogP contribution in [0.15, 0.2) is 221 Å². The van der Waals surface area contributed by atoms with Gasteiger partial charge in [-0.1, -0.05) is 133 Å². The average Bonchev–Trinajstić information content (AvgIpc) is 4.22. The lowest BCUT2D eigenvalue weighted by molar-refractivity contribution is 0.668. The third-order valence-corrected chi connectivity index (χ3v) is 15.1. The van der Waals surface area contributed by atoms with Gasteiger partial charge in [0.1, 0.15) is 22.3 Å². The van der Waals surface area contributed by atoms with E-state index in [0.29, 0.717) is 0 Å². The minimum absolute atomic E-state index is 0.0141. The van der Waals surface area contributed by atoms with Gasteiger partial charge in [-0.3, -0.25) is 0 Å². The lowest BCUT2D eigenvalue weighted by Crippen LogP contribution is -2.31. The number of hydrogen-bond acceptors (Lipinski definition) is 4. The van der Waals surface area contributed by atoms with E-state index in [4.69, 9.17) is 14.6 Å². The molecule has 15 rings (SSSR count). The number of nitrogens with two attached hydrogens (primary N) is 1. The van der Waals surface area contributed by atoms with Crippen LogP contribution in [0.4, 0.5) is 17.1 Å². The number of allylic oxidation sites excluding steroid dienone is 1. The molecular weight excluding hydrogens is 869 g/mol. The fourth-order valence-electron chi connectivity index (χ4n) is 12.1. The highest BCUT2D eigenvalue weighted by atomic mass is 16.3. The van der Waals surface area contributed by atoms with Gasteiger partial charge in [0.25, 0.3) is 0 Å². The van der Waals surface area contributed by atoms with Gasteiger partial charge in [0.05, 0.1) is 34.4 Å². The van der Waals surface area contributed by atoms with E-state index in [9.17, 15) is 0 Å². The van der Waals surface area contributed by atoms with Crippen molar-refractivity contribution in [1.82, 2.24) is 9.13 Å². The number of furan rings is 2. The maximum absolute atomic E-state index is 7.55. The molecule has 2 atom stereocenters. The van der Waals surface area contributed by atoms with E-state index in [1.165, 1.54) is 27.9 Å². The van der Waals surface area contributed by atoms with Crippen LogP contribution in [0.25, 0.3) is 111 Å². The molecule has 13 aromatic rings. The molecule has 9 aromatic carbocycles. The Bertz CT molecular complexity index is 4410. The molecule has 0 amide bonds. The number of benzene rings is 9. The molecule has 0 radical (unpaired) electrons. The number of nitrogens with zero attached hydrogens (tertiary/aromatic N) is 3. The van der Waals surface area contributed by atoms with Crippen molar-refractivity contribution in [2.45, 2.75) is 18.9 Å². The largest absolute Gasteiger partial charge is 0.456 e. The second-order valence-electron chi connectivity index (χ2n) is 18.9. The van der Waals surface area contributed by atoms with Crippen LogP contribution >= 0.6 is 0 Å². The van der Waals surface area contributed by atoms with Crippen LogP contribution in [0.3, 0.4) is 0 Å². The van der Waals surface area contributed by atoms with E-state index >= 15 is 0 Å². The molecule has 4 aromatic heterocycles. The van der Waals surface area contributed by atoms with E-state index in [0.717, 1.165) is 111 Å². The smallest absolute Gasteiger partial charge is 0.135 e. The normalized spacial score (nSPS) is 15.3. The standard InChI is InChI=1S/C65H44N4O2/c1-2-14-56-63(66)62-55(68(56)45-20-13-16-40(36-45)42-28-34-60-52(38-42)47-22-8-11-26-58(47)71-60)32-30-49-48-29-31-54-61(64(48)69(65(49)62)43-17-4-3-5-18-43)50-23-6-9-24-53(50)67(54)44-19-12-15-39(35-44)41-27-33-59-51(37-41)46-21-7-10-25-57(46)70-59/h2-38,54,61H,66H2,1H3/b14-2-. The number of fused-ring (bicyclic) bond motifs is 15. The van der Waals surface area contributed by atoms with Crippen LogP contribution in [0.2, 0.25) is 0 Å². The van der Waals surface area contributed by atoms with Crippen molar-refractivity contribution in [2.75, 3.05) is 10.6 Å². The van der Waals surface area contributed by atoms with E-state index < -0.39 is 0 Å². The first-order valence-corrected chi connectivity index (χ1v) is 24.4. The number of aromatic nitrogens is 2. The molecule has 0 spiro atoms. The summed E-state index contributed by atoms with van der Waals surface area (Å²) >= 11 is 0. The molecule has 2 unspecified atom stereocenters. The SMILES string of the molecule is C/C=C\c1c(N)c2c(ccc3c4c(n(-c5ccccc5)c32)C2c3ccccc3N(c3cccc(-c5ccc6oc7ccccc7c6c5)c3)C2C=C4)n1-c1cccc(-c2ccc3oc4ccccc4c3c2)c1. The van der Waals surface area contributed by atoms with Crippen LogP contribution in [-0.4, -0.2) is 15.2 Å². The van der Waals surface area contributed by atoms with Crippen molar-refractivity contribution in [1.29, 1.82) is 0 Å². The summed E-state index contributed by atoms with van der Waals surface area (Å²) in [7, 11) is 0. The zero-order valence-electron chi connectivity index (χ0n) is 38.8. The maximum Gasteiger partial charge on any atom is 0.135 e. The Balaban J connectivity index is 0.906. The highest BCUT2D eigenvalue weighted by molar-refractivity contribution is 6.17. The summed E-state index contributed by atoms with van der Waals surface area (Å²) in [6.45, 7) is 2.06. The van der Waals surface area contributed by atoms with Crippen molar-refractivity contribution >= 4 is 94.9 Å². The van der Waals surface area contributed by atoms with Gasteiger partial charge in [0, 0.05) is 66.3 Å². The van der Waals surface area contributed by atoms with Gasteiger partial charge < -0.3 is 28.6 Å². The molecule has 0 saturated carbocycles. The molecule has 71 heavy (non-hydrogen) atoms. The highest BCUT2D eigenvalue weighted by Crippen LogP contribution is 2.55. The van der Waals surface area contributed by atoms with Gasteiger partial charge in [-0.2, -0.15) is 0 Å². The van der Waals surface area contributed by atoms with Crippen molar-refractivity contribution in [2.24, 2.45) is 0 Å². The average molecular weight is 913 g/mol. The Hall–Kier alpha value is -9.26. The second kappa shape index (κ2) is 15.1. The summed E-state index contributed by atoms with van der Waals surface area (Å²) < 4.78 is 17.3. The summed E-state index contributed by atoms with van der Waals surface area (Å²) in [6.07, 6.45) is 9.04. The first-order chi connectivity index (χ1) is 35.1. The number of anilines is 3. The lowest BCUT2D eigenvalue weighted by atomic mass is 9.84. The summed E-state index contributed by atoms with van der Waals surface area (Å²) in [5.74, 6) is 0.0193. The van der Waals surface area contributed by atoms with Crippen LogP contribution < -0.4 is 10.6 Å². The van der Waals surface area contributed by atoms with Gasteiger partial charge in [-0.25, -0.2) is 0 Å². The third-order valence-electron chi connectivity index (χ3n) is 15.1. The minimum atomic E-state index is 0.0141. The fourth-order valence-corrected chi connectivity index (χ4v) is 12.1. The van der Waals surface area contributed by atoms with Crippen LogP contribution in [0.1, 0.15) is 35.4 Å². The highest BCUT2D eigenvalue weighted by Gasteiger charge is 2.44. The molecular formula is C65H44N4O2. The second-order valence-corrected chi connectivity index (χ2v) is 18.9. The summed E-state index contributed by atoms with van der Waals surface area (Å²) in [6, 6.07) is 71.8. The molecule has 1 aliphatic carbocycles. The predicted octanol–water partition coefficient (Wildman–Crippen LogP) is 17.0. The summed E-state index contributed by atoms with van der Waals surface area (Å²) in [5, 5.41) is 6.69. The van der Waals surface area contributed by atoms with Crippen LogP contribution in [0, 0.1) is 0 Å². The van der Waals surface area contributed by atoms with E-state index in [1.807, 2.05) is 24.3 Å². The van der Waals surface area contributed by atoms with E-state index in [-0.39, 0.29) is 12.0 Å². The monoisotopic (exact) mass is 912 g/mol. The Morgan fingerprint density at radius 2 is 1.08 bits per heavy atom. The molecule has 6 nitrogen and oxygen atoms in total. The van der Waals surface area contributed by atoms with Crippen LogP contribution in [-0.2, 0) is 0 Å². The van der Waals surface area contributed by atoms with Crippen molar-refractivity contribution in [3.8, 4) is 33.6 Å². The number of hydrogen-bond donors (Lipinski definition) is 1. The topological polar surface area (TPSA) is 65.4 Å². The Morgan fingerprint density at radius 1 is 0.493 bits per heavy atom. The summed E-state index contributed by atoms with van der Waals surface area (Å²) in [4.78, 5) is 2.55. The number of para-hydroxylation sites is 4. The summed E-state index contributed by atoms with van der Waals surface area (Å²) in [5.41, 5.74) is 27.8. The van der Waals surface area contributed by atoms with Gasteiger partial charge in [-0.15, -0.1) is 0 Å². The molecule has 2 N–H and O–H groups in total. The van der Waals surface area contributed by atoms with Crippen molar-refractivity contribution < 1.29 is 8.83 Å². The van der Waals surface area contributed by atoms with Gasteiger partial charge in [0.2, 0.25) is 0 Å². The Labute approximate surface area is 409 Å². The predicted molar refractivity (Wildman–Crippen MR) is 294 cm³/mol. The fraction of sp³-hybridized carbons (Fsp3) is 0.0462. The molecule has 336 valence electrons. The molecule has 0 saturated heterocycles. The quantitative estimate of drug-likeness (QED) is 0.180. The molecule has 2 aliphatic rings. The number of nitrogen functional groups attached to an aromatic ring is 1. The van der Waals surface area contributed by atoms with Gasteiger partial charge >= 0.3 is 0 Å². The van der Waals surface area contributed by atoms with Gasteiger partial charge in [0.15, 0.2) is 0 Å². The van der Waals surface area contributed by atoms with Crippen LogP contribution in [0.5, 0.6) is 0 Å². The first kappa shape index (κ1) is 39.7. The zero-order valence-corrected chi connectivity index (χ0v) is 38.8. The van der Waals surface area contributed by atoms with E-state index in [2.05, 4.69) is 221 Å². The minimum Gasteiger partial charge on any atom is -0.456 e. The molecule has 0 bridgehead atoms. The third kappa shape index (κ3) is 5.76. The Kier molecular flexibility index (Phi) is 8.46. The molecule has 6 heteroatoms. The number of rotatable bonds is 6. The van der Waals surface area contributed by atoms with Crippen molar-refractivity contribution in [3.63, 3.8) is 0 Å². The maximum atomic E-state index is 7.55.